The predicted octanol–water partition coefficient (Wildman–Crippen LogP) is 0.281. The number of rotatable bonds is 20. The van der Waals surface area contributed by atoms with E-state index in [2.05, 4.69) is 44.4 Å². The van der Waals surface area contributed by atoms with Gasteiger partial charge < -0.3 is 41.6 Å². The molecule has 42 heavy (non-hydrogen) atoms. The van der Waals surface area contributed by atoms with Crippen LogP contribution in [-0.4, -0.2) is 73.0 Å². The first-order chi connectivity index (χ1) is 19.9. The molecule has 0 aliphatic rings. The average Bonchev–Trinajstić information content (AvgIpc) is 3.37. The number of benzene rings is 1. The maximum Gasteiger partial charge on any atom is 0.469 e. The van der Waals surface area contributed by atoms with Crippen molar-refractivity contribution in [3.63, 3.8) is 0 Å². The lowest BCUT2D eigenvalue weighted by Crippen LogP contribution is -2.59. The highest BCUT2D eigenvalue weighted by Gasteiger charge is 2.33. The fourth-order valence-electron chi connectivity index (χ4n) is 4.42. The molecule has 0 radical (unpaired) electrons. The van der Waals surface area contributed by atoms with E-state index in [-0.39, 0.29) is 6.42 Å². The molecule has 0 saturated heterocycles. The summed E-state index contributed by atoms with van der Waals surface area (Å²) in [5.74, 6) is -2.89. The summed E-state index contributed by atoms with van der Waals surface area (Å²) in [5, 5.41) is 14.1. The number of phosphoric ester groups is 1. The van der Waals surface area contributed by atoms with Crippen molar-refractivity contribution in [1.29, 1.82) is 0 Å². The zero-order valence-corrected chi connectivity index (χ0v) is 24.7. The summed E-state index contributed by atoms with van der Waals surface area (Å²) >= 11 is 0. The molecule has 9 N–H and O–H groups in total. The summed E-state index contributed by atoms with van der Waals surface area (Å²) in [5.41, 5.74) is 13.4. The highest BCUT2D eigenvalue weighted by molar-refractivity contribution is 7.46. The van der Waals surface area contributed by atoms with Crippen molar-refractivity contribution in [2.45, 2.75) is 89.1 Å². The molecule has 1 aromatic heterocycles. The Morgan fingerprint density at radius 3 is 2.29 bits per heavy atom. The molecule has 14 nitrogen and oxygen atoms in total. The Bertz CT molecular complexity index is 1170. The molecule has 0 saturated carbocycles. The van der Waals surface area contributed by atoms with Gasteiger partial charge in [0, 0.05) is 24.9 Å². The molecule has 15 heteroatoms. The van der Waals surface area contributed by atoms with Crippen LogP contribution in [0.5, 0.6) is 0 Å². The average molecular weight is 611 g/mol. The van der Waals surface area contributed by atoms with Crippen LogP contribution in [-0.2, 0) is 42.9 Å². The lowest BCUT2D eigenvalue weighted by Gasteiger charge is -2.25. The summed E-state index contributed by atoms with van der Waals surface area (Å²) in [6.07, 6.45) is 9.69. The normalized spacial score (nSPS) is 14.5. The first-order valence-corrected chi connectivity index (χ1v) is 15.5. The van der Waals surface area contributed by atoms with Crippen LogP contribution in [0.4, 0.5) is 0 Å². The molecular formula is C27H43N6O8P. The second kappa shape index (κ2) is 17.7. The number of hydrogen-bond acceptors (Lipinski definition) is 8. The quantitative estimate of drug-likeness (QED) is 0.0799. The second-order valence-electron chi connectivity index (χ2n) is 10.2. The van der Waals surface area contributed by atoms with Gasteiger partial charge in [0.15, 0.2) is 0 Å². The van der Waals surface area contributed by atoms with Gasteiger partial charge >= 0.3 is 7.82 Å². The molecule has 4 atom stereocenters. The van der Waals surface area contributed by atoms with E-state index in [9.17, 15) is 24.1 Å². The number of carbonyl (C=O) groups is 3. The van der Waals surface area contributed by atoms with Crippen LogP contribution < -0.4 is 22.1 Å². The molecular weight excluding hydrogens is 567 g/mol. The third-order valence-corrected chi connectivity index (χ3v) is 7.32. The van der Waals surface area contributed by atoms with Gasteiger partial charge in [0.2, 0.25) is 17.7 Å². The molecule has 0 fully saturated rings. The fraction of sp³-hybridized carbons (Fsp3) is 0.556. The number of unbranched alkanes of at least 4 members (excludes halogenated alkanes) is 5. The van der Waals surface area contributed by atoms with Crippen LogP contribution in [0, 0.1) is 0 Å². The molecule has 0 spiro atoms. The summed E-state index contributed by atoms with van der Waals surface area (Å²) < 4.78 is 17.4. The smallest absolute Gasteiger partial charge is 0.394 e. The number of aromatic nitrogens is 2. The second-order valence-corrected chi connectivity index (χ2v) is 11.4. The Morgan fingerprint density at radius 1 is 1.02 bits per heavy atom. The highest BCUT2D eigenvalue weighted by Crippen LogP contribution is 2.38. The van der Waals surface area contributed by atoms with E-state index < -0.39 is 56.4 Å². The summed E-state index contributed by atoms with van der Waals surface area (Å²) in [6, 6.07) is 6.22. The van der Waals surface area contributed by atoms with Crippen molar-refractivity contribution in [2.24, 2.45) is 11.5 Å². The predicted molar refractivity (Wildman–Crippen MR) is 154 cm³/mol. The van der Waals surface area contributed by atoms with Crippen LogP contribution in [0.3, 0.4) is 0 Å². The Labute approximate surface area is 245 Å². The first kappa shape index (κ1) is 35.1. The van der Waals surface area contributed by atoms with Crippen LogP contribution in [0.2, 0.25) is 0 Å². The topological polar surface area (TPSA) is 232 Å². The summed E-state index contributed by atoms with van der Waals surface area (Å²) in [4.78, 5) is 59.1. The molecule has 2 aromatic rings. The monoisotopic (exact) mass is 610 g/mol. The molecule has 234 valence electrons. The van der Waals surface area contributed by atoms with Crippen molar-refractivity contribution in [2.75, 3.05) is 6.61 Å². The van der Waals surface area contributed by atoms with Crippen LogP contribution in [0.1, 0.15) is 56.7 Å². The van der Waals surface area contributed by atoms with Gasteiger partial charge in [-0.2, -0.15) is 0 Å². The number of amides is 3. The third kappa shape index (κ3) is 12.8. The lowest BCUT2D eigenvalue weighted by atomic mass is 10.0. The van der Waals surface area contributed by atoms with Gasteiger partial charge in [-0.05, 0) is 31.7 Å². The number of carbonyl (C=O) groups excluding carboxylic acids is 3. The fourth-order valence-corrected chi connectivity index (χ4v) is 4.98. The molecule has 0 aliphatic carbocycles. The Balaban J connectivity index is 1.77. The number of aliphatic hydroxyl groups is 1. The molecule has 0 unspecified atom stereocenters. The minimum Gasteiger partial charge on any atom is -0.394 e. The minimum absolute atomic E-state index is 0.127. The molecule has 0 bridgehead atoms. The van der Waals surface area contributed by atoms with Gasteiger partial charge in [0.25, 0.3) is 0 Å². The highest BCUT2D eigenvalue weighted by atomic mass is 31.2. The number of nitrogens with zero attached hydrogens (tertiary/aromatic N) is 2. The van der Waals surface area contributed by atoms with Gasteiger partial charge in [0.1, 0.15) is 12.1 Å². The lowest BCUT2D eigenvalue weighted by molar-refractivity contribution is -0.133. The minimum atomic E-state index is -4.98. The summed E-state index contributed by atoms with van der Waals surface area (Å²) in [6.45, 7) is 1.00. The number of phosphoric acid groups is 1. The zero-order chi connectivity index (χ0) is 31.1. The maximum atomic E-state index is 12.7. The number of aryl methyl sites for hydroxylation is 2. The zero-order valence-electron chi connectivity index (χ0n) is 23.8. The molecule has 2 rings (SSSR count). The standard InChI is InChI=1S/C27H43N6O8P/c1-19(41-42(38,39)40)24(25(29)35)32-27(37)23(17-34)31-26(36)22(28)15-21-16-30-18-33(21)14-10-5-3-2-4-7-11-20-12-8-6-9-13-20/h6,8-9,12-13,16,18-19,22-24,34H,2-5,7,10-11,14-15,17,28H2,1H3,(H2,29,35)(H,31,36)(H,32,37)(H2,38,39,40)/t19-,22+,23+,24+/m1/s1. The van der Waals surface area contributed by atoms with Crippen molar-refractivity contribution in [1.82, 2.24) is 20.2 Å². The van der Waals surface area contributed by atoms with Crippen molar-refractivity contribution in [3.8, 4) is 0 Å². The van der Waals surface area contributed by atoms with Crippen molar-refractivity contribution < 1.29 is 38.4 Å². The van der Waals surface area contributed by atoms with Gasteiger partial charge in [-0.25, -0.2) is 9.55 Å². The van der Waals surface area contributed by atoms with Crippen LogP contribution in [0.25, 0.3) is 0 Å². The molecule has 3 amide bonds. The Morgan fingerprint density at radius 2 is 1.67 bits per heavy atom. The maximum absolute atomic E-state index is 12.7. The number of primary amides is 1. The number of nitrogens with one attached hydrogen (secondary N) is 2. The Kier molecular flexibility index (Phi) is 14.8. The third-order valence-electron chi connectivity index (χ3n) is 6.71. The van der Waals surface area contributed by atoms with Crippen molar-refractivity contribution >= 4 is 25.5 Å². The van der Waals surface area contributed by atoms with E-state index in [1.165, 1.54) is 24.8 Å². The van der Waals surface area contributed by atoms with E-state index in [1.807, 2.05) is 10.6 Å². The van der Waals surface area contributed by atoms with Crippen LogP contribution in [0.15, 0.2) is 42.9 Å². The molecule has 1 aromatic carbocycles. The Hall–Kier alpha value is -3.13. The van der Waals surface area contributed by atoms with E-state index in [0.717, 1.165) is 44.8 Å². The first-order valence-electron chi connectivity index (χ1n) is 13.9. The molecule has 1 heterocycles. The van der Waals surface area contributed by atoms with Gasteiger partial charge in [-0.3, -0.25) is 18.9 Å². The summed E-state index contributed by atoms with van der Waals surface area (Å²) in [7, 11) is -4.98. The number of hydrogen-bond donors (Lipinski definition) is 7. The van der Waals surface area contributed by atoms with Crippen LogP contribution >= 0.6 is 7.82 Å². The van der Waals surface area contributed by atoms with E-state index >= 15 is 0 Å². The number of aliphatic hydroxyl groups excluding tert-OH is 1. The van der Waals surface area contributed by atoms with E-state index in [4.69, 9.17) is 21.3 Å². The van der Waals surface area contributed by atoms with Crippen molar-refractivity contribution in [3.05, 3.63) is 54.1 Å². The van der Waals surface area contributed by atoms with Gasteiger partial charge in [0.05, 0.1) is 25.1 Å². The largest absolute Gasteiger partial charge is 0.469 e. The van der Waals surface area contributed by atoms with E-state index in [1.54, 1.807) is 12.5 Å². The van der Waals surface area contributed by atoms with Gasteiger partial charge in [-0.1, -0.05) is 56.0 Å². The number of nitrogens with two attached hydrogens (primary N) is 2. The molecule has 0 aliphatic heterocycles. The van der Waals surface area contributed by atoms with E-state index in [0.29, 0.717) is 0 Å². The SMILES string of the molecule is C[C@@H](OP(=O)(O)O)[C@H](NC(=O)[C@H](CO)NC(=O)[C@@H](N)Cc1cncn1CCCCCCCCc1ccccc1)C(N)=O. The van der Waals surface area contributed by atoms with Gasteiger partial charge in [-0.15, -0.1) is 0 Å². The number of imidazole rings is 1.